The van der Waals surface area contributed by atoms with Gasteiger partial charge in [-0.15, -0.1) is 0 Å². The predicted octanol–water partition coefficient (Wildman–Crippen LogP) is 1.56. The summed E-state index contributed by atoms with van der Waals surface area (Å²) < 4.78 is 5.16. The van der Waals surface area contributed by atoms with Gasteiger partial charge in [0.2, 0.25) is 0 Å². The summed E-state index contributed by atoms with van der Waals surface area (Å²) in [5, 5.41) is 3.24. The molecule has 0 radical (unpaired) electrons. The molecule has 0 unspecified atom stereocenters. The maximum atomic E-state index is 6.29. The summed E-state index contributed by atoms with van der Waals surface area (Å²) in [5.41, 5.74) is 7.77. The number of nitrogens with two attached hydrogens (primary N) is 1. The first-order valence-corrected chi connectivity index (χ1v) is 7.62. The van der Waals surface area contributed by atoms with Gasteiger partial charge in [-0.1, -0.05) is 0 Å². The van der Waals surface area contributed by atoms with Crippen molar-refractivity contribution in [2.75, 3.05) is 56.3 Å². The molecule has 122 valence electrons. The Balaban J connectivity index is 1.78. The highest BCUT2D eigenvalue weighted by atomic mass is 16.5. The third kappa shape index (κ3) is 3.45. The number of nitrogen functional groups attached to an aromatic ring is 1. The minimum atomic E-state index is 0.577. The summed E-state index contributed by atoms with van der Waals surface area (Å²) in [5.74, 6) is 2.23. The standard InChI is InChI=1S/C16H22N6O/c1-21-7-9-22(10-8-21)16-14(17)15(18-11-19-16)20-12-3-5-13(23-2)6-4-12/h3-6,11H,7-10,17H2,1-2H3,(H,18,19,20). The van der Waals surface area contributed by atoms with Crippen molar-refractivity contribution in [2.45, 2.75) is 0 Å². The number of aromatic nitrogens is 2. The van der Waals surface area contributed by atoms with Crippen LogP contribution in [0, 0.1) is 0 Å². The Morgan fingerprint density at radius 1 is 1.09 bits per heavy atom. The van der Waals surface area contributed by atoms with Crippen LogP contribution in [-0.4, -0.2) is 55.2 Å². The third-order valence-corrected chi connectivity index (χ3v) is 4.02. The molecule has 7 nitrogen and oxygen atoms in total. The number of nitrogens with one attached hydrogen (secondary N) is 1. The number of nitrogens with zero attached hydrogens (tertiary/aromatic N) is 4. The molecule has 1 aliphatic rings. The van der Waals surface area contributed by atoms with Gasteiger partial charge in [0.15, 0.2) is 11.6 Å². The van der Waals surface area contributed by atoms with E-state index in [1.54, 1.807) is 13.4 Å². The largest absolute Gasteiger partial charge is 0.497 e. The van der Waals surface area contributed by atoms with Crippen LogP contribution in [-0.2, 0) is 0 Å². The SMILES string of the molecule is COc1ccc(Nc2ncnc(N3CCN(C)CC3)c2N)cc1. The zero-order valence-corrected chi connectivity index (χ0v) is 13.5. The number of anilines is 4. The van der Waals surface area contributed by atoms with Gasteiger partial charge in [0, 0.05) is 31.9 Å². The first kappa shape index (κ1) is 15.4. The van der Waals surface area contributed by atoms with E-state index in [0.717, 1.165) is 43.4 Å². The van der Waals surface area contributed by atoms with Crippen LogP contribution in [0.5, 0.6) is 5.75 Å². The van der Waals surface area contributed by atoms with E-state index in [1.165, 1.54) is 0 Å². The molecule has 2 heterocycles. The smallest absolute Gasteiger partial charge is 0.159 e. The molecule has 7 heteroatoms. The van der Waals surface area contributed by atoms with Gasteiger partial charge in [-0.2, -0.15) is 0 Å². The molecule has 0 spiro atoms. The van der Waals surface area contributed by atoms with E-state index < -0.39 is 0 Å². The quantitative estimate of drug-likeness (QED) is 0.886. The second-order valence-electron chi connectivity index (χ2n) is 5.60. The normalized spacial score (nSPS) is 15.5. The van der Waals surface area contributed by atoms with Gasteiger partial charge >= 0.3 is 0 Å². The number of rotatable bonds is 4. The van der Waals surface area contributed by atoms with Crippen molar-refractivity contribution >= 4 is 23.0 Å². The summed E-state index contributed by atoms with van der Waals surface area (Å²) in [4.78, 5) is 13.1. The van der Waals surface area contributed by atoms with Crippen LogP contribution in [0.1, 0.15) is 0 Å². The molecule has 0 bridgehead atoms. The number of methoxy groups -OCH3 is 1. The molecule has 3 N–H and O–H groups in total. The molecule has 1 aromatic heterocycles. The van der Waals surface area contributed by atoms with E-state index in [9.17, 15) is 0 Å². The lowest BCUT2D eigenvalue weighted by molar-refractivity contribution is 0.312. The van der Waals surface area contributed by atoms with Crippen LogP contribution in [0.3, 0.4) is 0 Å². The first-order chi connectivity index (χ1) is 11.2. The van der Waals surface area contributed by atoms with Crippen molar-refractivity contribution in [2.24, 2.45) is 0 Å². The van der Waals surface area contributed by atoms with Gasteiger partial charge in [0.1, 0.15) is 17.8 Å². The molecule has 1 fully saturated rings. The van der Waals surface area contributed by atoms with Crippen molar-refractivity contribution in [1.82, 2.24) is 14.9 Å². The van der Waals surface area contributed by atoms with Gasteiger partial charge in [0.25, 0.3) is 0 Å². The summed E-state index contributed by atoms with van der Waals surface area (Å²) >= 11 is 0. The molecule has 0 amide bonds. The second-order valence-corrected chi connectivity index (χ2v) is 5.60. The van der Waals surface area contributed by atoms with Crippen molar-refractivity contribution in [3.05, 3.63) is 30.6 Å². The molecule has 0 atom stereocenters. The topological polar surface area (TPSA) is 79.5 Å². The van der Waals surface area contributed by atoms with Crippen LogP contribution in [0.4, 0.5) is 23.0 Å². The van der Waals surface area contributed by atoms with Crippen molar-refractivity contribution < 1.29 is 4.74 Å². The number of hydrogen-bond donors (Lipinski definition) is 2. The Bertz CT molecular complexity index is 652. The van der Waals surface area contributed by atoms with Gasteiger partial charge in [-0.3, -0.25) is 0 Å². The number of hydrogen-bond acceptors (Lipinski definition) is 7. The van der Waals surface area contributed by atoms with Crippen molar-refractivity contribution in [3.8, 4) is 5.75 Å². The minimum Gasteiger partial charge on any atom is -0.497 e. The van der Waals surface area contributed by atoms with E-state index in [0.29, 0.717) is 11.5 Å². The second kappa shape index (κ2) is 6.70. The van der Waals surface area contributed by atoms with Crippen LogP contribution in [0.2, 0.25) is 0 Å². The summed E-state index contributed by atoms with van der Waals surface area (Å²) in [7, 11) is 3.77. The molecule has 2 aromatic rings. The zero-order valence-electron chi connectivity index (χ0n) is 13.5. The maximum absolute atomic E-state index is 6.29. The van der Waals surface area contributed by atoms with Gasteiger partial charge in [0.05, 0.1) is 7.11 Å². The summed E-state index contributed by atoms with van der Waals surface area (Å²) in [6.07, 6.45) is 1.55. The molecule has 0 aliphatic carbocycles. The van der Waals surface area contributed by atoms with E-state index in [-0.39, 0.29) is 0 Å². The fraction of sp³-hybridized carbons (Fsp3) is 0.375. The van der Waals surface area contributed by atoms with Crippen LogP contribution in [0.25, 0.3) is 0 Å². The van der Waals surface area contributed by atoms with E-state index in [1.807, 2.05) is 24.3 Å². The Morgan fingerprint density at radius 2 is 1.78 bits per heavy atom. The monoisotopic (exact) mass is 314 g/mol. The predicted molar refractivity (Wildman–Crippen MR) is 92.4 cm³/mol. The van der Waals surface area contributed by atoms with Crippen LogP contribution < -0.4 is 20.7 Å². The number of likely N-dealkylation sites (N-methyl/N-ethyl adjacent to an activating group) is 1. The molecular formula is C16H22N6O. The molecule has 0 saturated carbocycles. The Morgan fingerprint density at radius 3 is 2.43 bits per heavy atom. The summed E-state index contributed by atoms with van der Waals surface area (Å²) in [6, 6.07) is 7.63. The highest BCUT2D eigenvalue weighted by molar-refractivity contribution is 5.78. The minimum absolute atomic E-state index is 0.577. The van der Waals surface area contributed by atoms with Crippen LogP contribution >= 0.6 is 0 Å². The lowest BCUT2D eigenvalue weighted by Gasteiger charge is -2.33. The zero-order chi connectivity index (χ0) is 16.2. The Labute approximate surface area is 136 Å². The highest BCUT2D eigenvalue weighted by Gasteiger charge is 2.19. The Kier molecular flexibility index (Phi) is 4.47. The molecule has 3 rings (SSSR count). The van der Waals surface area contributed by atoms with Gasteiger partial charge in [-0.25, -0.2) is 9.97 Å². The van der Waals surface area contributed by atoms with E-state index >= 15 is 0 Å². The number of benzene rings is 1. The number of ether oxygens (including phenoxy) is 1. The first-order valence-electron chi connectivity index (χ1n) is 7.62. The van der Waals surface area contributed by atoms with Crippen LogP contribution in [0.15, 0.2) is 30.6 Å². The van der Waals surface area contributed by atoms with Crippen molar-refractivity contribution in [3.63, 3.8) is 0 Å². The van der Waals surface area contributed by atoms with Crippen molar-refractivity contribution in [1.29, 1.82) is 0 Å². The average Bonchev–Trinajstić information content (AvgIpc) is 2.58. The summed E-state index contributed by atoms with van der Waals surface area (Å²) in [6.45, 7) is 3.84. The highest BCUT2D eigenvalue weighted by Crippen LogP contribution is 2.29. The molecule has 23 heavy (non-hydrogen) atoms. The number of piperazine rings is 1. The molecule has 1 aliphatic heterocycles. The van der Waals surface area contributed by atoms with E-state index in [2.05, 4.69) is 32.1 Å². The van der Waals surface area contributed by atoms with E-state index in [4.69, 9.17) is 10.5 Å². The van der Waals surface area contributed by atoms with Gasteiger partial charge in [-0.05, 0) is 31.3 Å². The lowest BCUT2D eigenvalue weighted by Crippen LogP contribution is -2.45. The fourth-order valence-electron chi connectivity index (χ4n) is 2.57. The average molecular weight is 314 g/mol. The maximum Gasteiger partial charge on any atom is 0.159 e. The third-order valence-electron chi connectivity index (χ3n) is 4.02. The Hall–Kier alpha value is -2.54. The molecular weight excluding hydrogens is 292 g/mol. The lowest BCUT2D eigenvalue weighted by atomic mass is 10.3. The van der Waals surface area contributed by atoms with Gasteiger partial charge < -0.3 is 25.6 Å². The molecule has 1 aromatic carbocycles. The fourth-order valence-corrected chi connectivity index (χ4v) is 2.57. The molecule has 1 saturated heterocycles.